The van der Waals surface area contributed by atoms with Crippen molar-refractivity contribution in [3.8, 4) is 0 Å². The second-order valence-electron chi connectivity index (χ2n) is 5.49. The van der Waals surface area contributed by atoms with Crippen molar-refractivity contribution in [2.75, 3.05) is 0 Å². The van der Waals surface area contributed by atoms with Gasteiger partial charge in [0.25, 0.3) is 0 Å². The molecule has 3 heteroatoms. The van der Waals surface area contributed by atoms with Crippen molar-refractivity contribution in [1.82, 2.24) is 4.57 Å². The van der Waals surface area contributed by atoms with Gasteiger partial charge in [-0.1, -0.05) is 35.9 Å². The molecule has 0 bridgehead atoms. The number of hydrogen-bond acceptors (Lipinski definition) is 1. The molecule has 112 valence electrons. The molecule has 0 radical (unpaired) electrons. The van der Waals surface area contributed by atoms with Gasteiger partial charge in [-0.25, -0.2) is 4.21 Å². The van der Waals surface area contributed by atoms with E-state index in [1.165, 1.54) is 22.2 Å². The normalized spacial score (nSPS) is 13.0. The maximum atomic E-state index is 12.4. The fourth-order valence-corrected chi connectivity index (χ4v) is 3.46. The molecular weight excluding hydrogens is 290 g/mol. The smallest absolute Gasteiger partial charge is 0.0776 e. The Morgan fingerprint density at radius 3 is 2.41 bits per heavy atom. The van der Waals surface area contributed by atoms with E-state index in [9.17, 15) is 4.21 Å². The summed E-state index contributed by atoms with van der Waals surface area (Å²) in [5, 5.41) is 2.97. The molecule has 0 fully saturated rings. The molecule has 2 nitrogen and oxygen atoms in total. The average molecular weight is 309 g/mol. The van der Waals surface area contributed by atoms with Crippen molar-refractivity contribution in [2.24, 2.45) is 7.05 Å². The van der Waals surface area contributed by atoms with Crippen LogP contribution in [0.3, 0.4) is 0 Å². The van der Waals surface area contributed by atoms with Gasteiger partial charge in [-0.3, -0.25) is 0 Å². The summed E-state index contributed by atoms with van der Waals surface area (Å²) in [6.45, 7) is 4.12. The number of nitrogens with zero attached hydrogens (tertiary/aromatic N) is 1. The van der Waals surface area contributed by atoms with Gasteiger partial charge in [0.1, 0.15) is 0 Å². The average Bonchev–Trinajstić information content (AvgIpc) is 2.78. The molecule has 1 atom stereocenters. The molecule has 2 aromatic carbocycles. The number of aryl methyl sites for hydroxylation is 2. The Bertz CT molecular complexity index is 872. The first kappa shape index (κ1) is 14.8. The second kappa shape index (κ2) is 5.93. The predicted molar refractivity (Wildman–Crippen MR) is 94.3 cm³/mol. The zero-order chi connectivity index (χ0) is 15.7. The van der Waals surface area contributed by atoms with Gasteiger partial charge < -0.3 is 4.57 Å². The topological polar surface area (TPSA) is 22.0 Å². The zero-order valence-corrected chi connectivity index (χ0v) is 13.9. The van der Waals surface area contributed by atoms with Crippen molar-refractivity contribution in [3.05, 3.63) is 70.8 Å². The third-order valence-corrected chi connectivity index (χ3v) is 5.18. The summed E-state index contributed by atoms with van der Waals surface area (Å²) in [7, 11) is 0.938. The predicted octanol–water partition coefficient (Wildman–Crippen LogP) is 4.57. The van der Waals surface area contributed by atoms with E-state index in [1.807, 2.05) is 49.4 Å². The molecule has 1 aromatic heterocycles. The summed E-state index contributed by atoms with van der Waals surface area (Å²) in [6, 6.07) is 16.1. The Hall–Kier alpha value is -2.13. The lowest BCUT2D eigenvalue weighted by atomic mass is 10.1. The molecule has 0 aliphatic rings. The summed E-state index contributed by atoms with van der Waals surface area (Å²) >= 11 is 0. The van der Waals surface area contributed by atoms with Crippen molar-refractivity contribution in [2.45, 2.75) is 18.7 Å². The lowest BCUT2D eigenvalue weighted by Crippen LogP contribution is -1.90. The number of fused-ring (bicyclic) bond motifs is 1. The Kier molecular flexibility index (Phi) is 3.99. The third kappa shape index (κ3) is 2.64. The summed E-state index contributed by atoms with van der Waals surface area (Å²) in [6.07, 6.45) is 1.98. The molecule has 0 saturated carbocycles. The van der Waals surface area contributed by atoms with Gasteiger partial charge in [-0.15, -0.1) is 0 Å². The third-order valence-electron chi connectivity index (χ3n) is 4.06. The minimum absolute atomic E-state index is 0.833. The van der Waals surface area contributed by atoms with Gasteiger partial charge in [0.15, 0.2) is 0 Å². The van der Waals surface area contributed by atoms with Crippen LogP contribution < -0.4 is 0 Å². The first-order valence-electron chi connectivity index (χ1n) is 7.27. The Labute approximate surface area is 133 Å². The van der Waals surface area contributed by atoms with Crippen LogP contribution in [0.5, 0.6) is 0 Å². The van der Waals surface area contributed by atoms with Crippen molar-refractivity contribution >= 4 is 27.8 Å². The molecule has 0 unspecified atom stereocenters. The fraction of sp³-hybridized carbons (Fsp3) is 0.158. The lowest BCUT2D eigenvalue weighted by Gasteiger charge is -1.99. The molecule has 3 aromatic rings. The summed E-state index contributed by atoms with van der Waals surface area (Å²) < 4.78 is 14.6. The highest BCUT2D eigenvalue weighted by atomic mass is 32.2. The van der Waals surface area contributed by atoms with Crippen LogP contribution in [0, 0.1) is 13.8 Å². The molecule has 0 amide bonds. The van der Waals surface area contributed by atoms with Gasteiger partial charge in [-0.05, 0) is 38.1 Å². The van der Waals surface area contributed by atoms with E-state index in [0.29, 0.717) is 0 Å². The van der Waals surface area contributed by atoms with Gasteiger partial charge in [0, 0.05) is 39.5 Å². The van der Waals surface area contributed by atoms with Crippen LogP contribution in [-0.2, 0) is 17.8 Å². The highest BCUT2D eigenvalue weighted by Gasteiger charge is 2.09. The molecule has 1 heterocycles. The number of benzene rings is 2. The highest BCUT2D eigenvalue weighted by molar-refractivity contribution is 7.88. The van der Waals surface area contributed by atoms with Crippen LogP contribution in [0.1, 0.15) is 16.8 Å². The van der Waals surface area contributed by atoms with E-state index in [1.54, 1.807) is 5.41 Å². The van der Waals surface area contributed by atoms with Gasteiger partial charge >= 0.3 is 0 Å². The van der Waals surface area contributed by atoms with Crippen LogP contribution >= 0.6 is 0 Å². The Morgan fingerprint density at radius 1 is 1.00 bits per heavy atom. The molecule has 0 spiro atoms. The molecule has 0 saturated heterocycles. The zero-order valence-electron chi connectivity index (χ0n) is 13.0. The van der Waals surface area contributed by atoms with Gasteiger partial charge in [0.05, 0.1) is 10.8 Å². The lowest BCUT2D eigenvalue weighted by molar-refractivity contribution is 0.688. The van der Waals surface area contributed by atoms with Crippen molar-refractivity contribution in [3.63, 3.8) is 0 Å². The first-order valence-corrected chi connectivity index (χ1v) is 8.48. The second-order valence-corrected chi connectivity index (χ2v) is 6.83. The van der Waals surface area contributed by atoms with Crippen molar-refractivity contribution < 1.29 is 4.21 Å². The van der Waals surface area contributed by atoms with Gasteiger partial charge in [-0.2, -0.15) is 0 Å². The monoisotopic (exact) mass is 309 g/mol. The molecule has 3 rings (SSSR count). The Balaban J connectivity index is 1.97. The standard InChI is InChI=1S/C19H19NOS/c1-14-8-10-16(11-9-14)22(21)13-12-17-15(2)20(3)19-7-5-4-6-18(17)19/h4-13H,1-3H3/b13-12+/t22-/m1/s1. The van der Waals surface area contributed by atoms with E-state index >= 15 is 0 Å². The van der Waals surface area contributed by atoms with E-state index in [-0.39, 0.29) is 0 Å². The summed E-state index contributed by atoms with van der Waals surface area (Å²) in [4.78, 5) is 0.833. The maximum absolute atomic E-state index is 12.4. The minimum atomic E-state index is -1.12. The van der Waals surface area contributed by atoms with Gasteiger partial charge in [0.2, 0.25) is 0 Å². The van der Waals surface area contributed by atoms with E-state index in [2.05, 4.69) is 30.7 Å². The van der Waals surface area contributed by atoms with Crippen LogP contribution in [0.4, 0.5) is 0 Å². The summed E-state index contributed by atoms with van der Waals surface area (Å²) in [5.74, 6) is 0. The number of hydrogen-bond donors (Lipinski definition) is 0. The van der Waals surface area contributed by atoms with Crippen LogP contribution in [0.15, 0.2) is 58.8 Å². The van der Waals surface area contributed by atoms with Crippen LogP contribution in [0.2, 0.25) is 0 Å². The first-order chi connectivity index (χ1) is 10.6. The maximum Gasteiger partial charge on any atom is 0.0776 e. The largest absolute Gasteiger partial charge is 0.347 e. The van der Waals surface area contributed by atoms with E-state index in [4.69, 9.17) is 0 Å². The number of para-hydroxylation sites is 1. The van der Waals surface area contributed by atoms with Crippen LogP contribution in [-0.4, -0.2) is 8.78 Å². The highest BCUT2D eigenvalue weighted by Crippen LogP contribution is 2.26. The SMILES string of the molecule is Cc1ccc([S@](=O)/C=C/c2c(C)n(C)c3ccccc23)cc1. The van der Waals surface area contributed by atoms with E-state index in [0.717, 1.165) is 10.5 Å². The molecular formula is C19H19NOS. The minimum Gasteiger partial charge on any atom is -0.347 e. The molecule has 0 N–H and O–H groups in total. The summed E-state index contributed by atoms with van der Waals surface area (Å²) in [5.41, 5.74) is 4.69. The number of aromatic nitrogens is 1. The van der Waals surface area contributed by atoms with Crippen LogP contribution in [0.25, 0.3) is 17.0 Å². The van der Waals surface area contributed by atoms with E-state index < -0.39 is 10.8 Å². The molecule has 22 heavy (non-hydrogen) atoms. The fourth-order valence-electron chi connectivity index (χ4n) is 2.64. The number of rotatable bonds is 3. The van der Waals surface area contributed by atoms with Crippen molar-refractivity contribution in [1.29, 1.82) is 0 Å². The molecule has 0 aliphatic carbocycles. The Morgan fingerprint density at radius 2 is 1.68 bits per heavy atom. The molecule has 0 aliphatic heterocycles. The quantitative estimate of drug-likeness (QED) is 0.694.